The molecule has 0 amide bonds. The molecule has 4 N–H and O–H groups in total. The molecule has 0 unspecified atom stereocenters. The van der Waals surface area contributed by atoms with Crippen LogP contribution in [0, 0.1) is 6.92 Å². The molecule has 0 fully saturated rings. The zero-order valence-corrected chi connectivity index (χ0v) is 12.6. The average molecular weight is 335 g/mol. The van der Waals surface area contributed by atoms with Crippen molar-refractivity contribution >= 4 is 27.5 Å². The molecule has 104 valence electrons. The Kier molecular flexibility index (Phi) is 4.57. The number of aryl methyl sites for hydroxylation is 1. The summed E-state index contributed by atoms with van der Waals surface area (Å²) in [7, 11) is 0. The minimum Gasteiger partial charge on any atom is -0.409 e. The Balaban J connectivity index is 2.19. The zero-order chi connectivity index (χ0) is 14.5. The molecule has 0 saturated heterocycles. The number of rotatable bonds is 4. The molecule has 2 aromatic rings. The summed E-state index contributed by atoms with van der Waals surface area (Å²) in [6.45, 7) is 2.57. The Hall–Kier alpha value is -2.08. The number of amidine groups is 1. The predicted octanol–water partition coefficient (Wildman–Crippen LogP) is 2.86. The van der Waals surface area contributed by atoms with Crippen LogP contribution in [0.1, 0.15) is 16.8 Å². The van der Waals surface area contributed by atoms with Crippen molar-refractivity contribution in [1.29, 1.82) is 0 Å². The van der Waals surface area contributed by atoms with Gasteiger partial charge >= 0.3 is 0 Å². The Labute approximate surface area is 125 Å². The second-order valence-electron chi connectivity index (χ2n) is 4.37. The maximum atomic E-state index is 8.77. The molecule has 0 spiro atoms. The van der Waals surface area contributed by atoms with Crippen molar-refractivity contribution in [3.63, 3.8) is 0 Å². The van der Waals surface area contributed by atoms with E-state index in [1.54, 1.807) is 6.20 Å². The number of nitrogens with two attached hydrogens (primary N) is 1. The van der Waals surface area contributed by atoms with Crippen molar-refractivity contribution in [2.24, 2.45) is 10.9 Å². The van der Waals surface area contributed by atoms with Gasteiger partial charge in [0.2, 0.25) is 0 Å². The van der Waals surface area contributed by atoms with Crippen LogP contribution in [0.25, 0.3) is 0 Å². The standard InChI is InChI=1S/C14H15BrN4O/c1-9-5-11(15)7-12(6-9)18-8-10-3-2-4-17-13(10)14(16)19-20/h2-7,18,20H,8H2,1H3,(H2,16,19). The summed E-state index contributed by atoms with van der Waals surface area (Å²) in [6, 6.07) is 9.78. The van der Waals surface area contributed by atoms with Crippen LogP contribution in [0.2, 0.25) is 0 Å². The smallest absolute Gasteiger partial charge is 0.189 e. The van der Waals surface area contributed by atoms with Crippen LogP contribution in [0.15, 0.2) is 46.2 Å². The first-order valence-corrected chi connectivity index (χ1v) is 6.82. The normalized spacial score (nSPS) is 11.4. The topological polar surface area (TPSA) is 83.5 Å². The highest BCUT2D eigenvalue weighted by molar-refractivity contribution is 9.10. The lowest BCUT2D eigenvalue weighted by Gasteiger charge is -2.10. The number of oxime groups is 1. The average Bonchev–Trinajstić information content (AvgIpc) is 2.43. The van der Waals surface area contributed by atoms with Gasteiger partial charge in [-0.3, -0.25) is 4.98 Å². The molecule has 1 heterocycles. The molecule has 1 aromatic carbocycles. The van der Waals surface area contributed by atoms with Crippen molar-refractivity contribution in [2.45, 2.75) is 13.5 Å². The molecular weight excluding hydrogens is 320 g/mol. The molecule has 0 saturated carbocycles. The lowest BCUT2D eigenvalue weighted by atomic mass is 10.1. The third-order valence-corrected chi connectivity index (χ3v) is 3.22. The number of halogens is 1. The monoisotopic (exact) mass is 334 g/mol. The molecule has 0 aliphatic rings. The number of hydrogen-bond donors (Lipinski definition) is 3. The van der Waals surface area contributed by atoms with Crippen LogP contribution in [-0.4, -0.2) is 16.0 Å². The fraction of sp³-hybridized carbons (Fsp3) is 0.143. The summed E-state index contributed by atoms with van der Waals surface area (Å²) in [5, 5.41) is 15.1. The molecule has 6 heteroatoms. The number of pyridine rings is 1. The first-order valence-electron chi connectivity index (χ1n) is 6.03. The first-order chi connectivity index (χ1) is 9.60. The molecule has 1 aromatic heterocycles. The molecule has 5 nitrogen and oxygen atoms in total. The van der Waals surface area contributed by atoms with E-state index in [-0.39, 0.29) is 5.84 Å². The summed E-state index contributed by atoms with van der Waals surface area (Å²) in [6.07, 6.45) is 1.61. The number of nitrogens with one attached hydrogen (secondary N) is 1. The summed E-state index contributed by atoms with van der Waals surface area (Å²) in [5.74, 6) is 0.00724. The maximum Gasteiger partial charge on any atom is 0.189 e. The van der Waals surface area contributed by atoms with Crippen LogP contribution >= 0.6 is 15.9 Å². The van der Waals surface area contributed by atoms with Crippen molar-refractivity contribution in [2.75, 3.05) is 5.32 Å². The van der Waals surface area contributed by atoms with E-state index in [4.69, 9.17) is 10.9 Å². The van der Waals surface area contributed by atoms with Gasteiger partial charge in [0.15, 0.2) is 5.84 Å². The van der Waals surface area contributed by atoms with Crippen LogP contribution < -0.4 is 11.1 Å². The van der Waals surface area contributed by atoms with Crippen molar-refractivity contribution in [1.82, 2.24) is 4.98 Å². The van der Waals surface area contributed by atoms with Crippen molar-refractivity contribution < 1.29 is 5.21 Å². The second-order valence-corrected chi connectivity index (χ2v) is 5.28. The minimum absolute atomic E-state index is 0.00724. The molecular formula is C14H15BrN4O. The van der Waals surface area contributed by atoms with Gasteiger partial charge < -0.3 is 16.3 Å². The maximum absolute atomic E-state index is 8.77. The first kappa shape index (κ1) is 14.3. The van der Waals surface area contributed by atoms with Gasteiger partial charge in [0.05, 0.1) is 0 Å². The van der Waals surface area contributed by atoms with E-state index in [0.29, 0.717) is 12.2 Å². The largest absolute Gasteiger partial charge is 0.409 e. The van der Waals surface area contributed by atoms with E-state index in [9.17, 15) is 0 Å². The fourth-order valence-electron chi connectivity index (χ4n) is 1.89. The van der Waals surface area contributed by atoms with Gasteiger partial charge in [0.25, 0.3) is 0 Å². The van der Waals surface area contributed by atoms with Gasteiger partial charge in [-0.05, 0) is 36.8 Å². The van der Waals surface area contributed by atoms with Crippen LogP contribution in [0.4, 0.5) is 5.69 Å². The Bertz CT molecular complexity index is 623. The lowest BCUT2D eigenvalue weighted by Crippen LogP contribution is -2.18. The summed E-state index contributed by atoms with van der Waals surface area (Å²) < 4.78 is 1.02. The third kappa shape index (κ3) is 3.48. The highest BCUT2D eigenvalue weighted by atomic mass is 79.9. The number of aromatic nitrogens is 1. The predicted molar refractivity (Wildman–Crippen MR) is 83.0 cm³/mol. The Morgan fingerprint density at radius 2 is 2.25 bits per heavy atom. The Morgan fingerprint density at radius 1 is 1.45 bits per heavy atom. The lowest BCUT2D eigenvalue weighted by molar-refractivity contribution is 0.318. The third-order valence-electron chi connectivity index (χ3n) is 2.77. The molecule has 2 rings (SSSR count). The van der Waals surface area contributed by atoms with Gasteiger partial charge in [-0.15, -0.1) is 0 Å². The van der Waals surface area contributed by atoms with Crippen LogP contribution in [0.5, 0.6) is 0 Å². The molecule has 0 aliphatic heterocycles. The molecule has 0 radical (unpaired) electrons. The van der Waals surface area contributed by atoms with E-state index in [1.165, 1.54) is 0 Å². The number of anilines is 1. The van der Waals surface area contributed by atoms with E-state index < -0.39 is 0 Å². The van der Waals surface area contributed by atoms with Crippen molar-refractivity contribution in [3.05, 3.63) is 57.8 Å². The van der Waals surface area contributed by atoms with Gasteiger partial charge in [-0.1, -0.05) is 27.2 Å². The van der Waals surface area contributed by atoms with Gasteiger partial charge in [0, 0.05) is 28.5 Å². The van der Waals surface area contributed by atoms with Gasteiger partial charge in [0.1, 0.15) is 5.69 Å². The molecule has 0 bridgehead atoms. The summed E-state index contributed by atoms with van der Waals surface area (Å²) in [5.41, 5.74) is 9.11. The fourth-order valence-corrected chi connectivity index (χ4v) is 2.50. The number of hydrogen-bond acceptors (Lipinski definition) is 4. The highest BCUT2D eigenvalue weighted by Crippen LogP contribution is 2.20. The zero-order valence-electron chi connectivity index (χ0n) is 11.0. The number of nitrogens with zero attached hydrogens (tertiary/aromatic N) is 2. The quantitative estimate of drug-likeness (QED) is 0.347. The molecule has 20 heavy (non-hydrogen) atoms. The van der Waals surface area contributed by atoms with Gasteiger partial charge in [-0.2, -0.15) is 0 Å². The van der Waals surface area contributed by atoms with Crippen LogP contribution in [0.3, 0.4) is 0 Å². The van der Waals surface area contributed by atoms with Gasteiger partial charge in [-0.25, -0.2) is 0 Å². The minimum atomic E-state index is 0.00724. The second kappa shape index (κ2) is 6.38. The molecule has 0 aliphatic carbocycles. The summed E-state index contributed by atoms with van der Waals surface area (Å²) >= 11 is 3.46. The number of benzene rings is 1. The SMILES string of the molecule is Cc1cc(Br)cc(NCc2cccnc2/C(N)=N/O)c1. The van der Waals surface area contributed by atoms with E-state index >= 15 is 0 Å². The van der Waals surface area contributed by atoms with E-state index in [1.807, 2.05) is 37.3 Å². The Morgan fingerprint density at radius 3 is 2.95 bits per heavy atom. The highest BCUT2D eigenvalue weighted by Gasteiger charge is 2.08. The molecule has 0 atom stereocenters. The van der Waals surface area contributed by atoms with Crippen molar-refractivity contribution in [3.8, 4) is 0 Å². The van der Waals surface area contributed by atoms with E-state index in [0.717, 1.165) is 21.3 Å². The summed E-state index contributed by atoms with van der Waals surface area (Å²) in [4.78, 5) is 4.13. The van der Waals surface area contributed by atoms with Crippen LogP contribution in [-0.2, 0) is 6.54 Å². The van der Waals surface area contributed by atoms with E-state index in [2.05, 4.69) is 31.4 Å².